The van der Waals surface area contributed by atoms with Crippen LogP contribution in [0.15, 0.2) is 43.0 Å². The van der Waals surface area contributed by atoms with Gasteiger partial charge in [-0.25, -0.2) is 23.8 Å². The van der Waals surface area contributed by atoms with Crippen molar-refractivity contribution in [2.75, 3.05) is 18.4 Å². The van der Waals surface area contributed by atoms with Crippen LogP contribution in [0, 0.1) is 12.7 Å². The highest BCUT2D eigenvalue weighted by molar-refractivity contribution is 5.91. The van der Waals surface area contributed by atoms with E-state index in [1.807, 2.05) is 60.6 Å². The number of aryl methyl sites for hydroxylation is 1. The first kappa shape index (κ1) is 30.6. The highest BCUT2D eigenvalue weighted by atomic mass is 19.1. The molecule has 14 heteroatoms. The van der Waals surface area contributed by atoms with E-state index in [0.29, 0.717) is 24.3 Å². The highest BCUT2D eigenvalue weighted by Gasteiger charge is 2.35. The van der Waals surface area contributed by atoms with E-state index in [0.717, 1.165) is 17.3 Å². The summed E-state index contributed by atoms with van der Waals surface area (Å²) in [6.45, 7) is 14.6. The fraction of sp³-hybridized carbons (Fsp3) is 0.433. The summed E-state index contributed by atoms with van der Waals surface area (Å²) in [6.07, 6.45) is 5.81. The number of rotatable bonds is 7. The second kappa shape index (κ2) is 11.7. The SMILES string of the molecule is Cc1cc(-c2nc(Nc3cnn(C4CN(C(=O)OC(C)(C)C)C4)c3)ncc2F)ccc1CNC(=O)c1cn(C(C)(C)C)nn1. The first-order chi connectivity index (χ1) is 20.7. The predicted molar refractivity (Wildman–Crippen MR) is 161 cm³/mol. The van der Waals surface area contributed by atoms with E-state index in [4.69, 9.17) is 4.74 Å². The number of hydrogen-bond donors (Lipinski definition) is 2. The lowest BCUT2D eigenvalue weighted by molar-refractivity contribution is -0.000389. The third-order valence-electron chi connectivity index (χ3n) is 6.96. The molecular formula is C30H37FN10O3. The fourth-order valence-corrected chi connectivity index (χ4v) is 4.46. The van der Waals surface area contributed by atoms with E-state index in [9.17, 15) is 14.0 Å². The molecule has 0 aliphatic carbocycles. The molecule has 232 valence electrons. The van der Waals surface area contributed by atoms with E-state index >= 15 is 0 Å². The maximum Gasteiger partial charge on any atom is 0.410 e. The molecular weight excluding hydrogens is 567 g/mol. The summed E-state index contributed by atoms with van der Waals surface area (Å²) in [4.78, 5) is 34.9. The minimum atomic E-state index is -0.565. The number of ether oxygens (including phenoxy) is 1. The number of benzene rings is 1. The Balaban J connectivity index is 1.20. The molecule has 0 radical (unpaired) electrons. The zero-order valence-corrected chi connectivity index (χ0v) is 25.9. The number of nitrogens with one attached hydrogen (secondary N) is 2. The molecule has 4 heterocycles. The van der Waals surface area contributed by atoms with Crippen molar-refractivity contribution in [2.45, 2.75) is 72.2 Å². The summed E-state index contributed by atoms with van der Waals surface area (Å²) in [5.74, 6) is -0.685. The number of likely N-dealkylation sites (tertiary alicyclic amines) is 1. The van der Waals surface area contributed by atoms with Gasteiger partial charge in [0.1, 0.15) is 11.3 Å². The maximum atomic E-state index is 14.8. The lowest BCUT2D eigenvalue weighted by Gasteiger charge is -2.39. The third kappa shape index (κ3) is 7.01. The van der Waals surface area contributed by atoms with E-state index in [1.54, 1.807) is 38.9 Å². The van der Waals surface area contributed by atoms with Gasteiger partial charge in [-0.05, 0) is 65.7 Å². The molecule has 5 rings (SSSR count). The summed E-state index contributed by atoms with van der Waals surface area (Å²) < 4.78 is 23.7. The van der Waals surface area contributed by atoms with Crippen LogP contribution in [0.5, 0.6) is 0 Å². The van der Waals surface area contributed by atoms with Crippen molar-refractivity contribution in [1.82, 2.24) is 45.0 Å². The normalized spacial score (nSPS) is 13.9. The van der Waals surface area contributed by atoms with Gasteiger partial charge in [-0.2, -0.15) is 5.10 Å². The van der Waals surface area contributed by atoms with E-state index in [1.165, 1.54) is 0 Å². The van der Waals surface area contributed by atoms with Gasteiger partial charge in [-0.1, -0.05) is 17.3 Å². The molecule has 0 unspecified atom stereocenters. The minimum Gasteiger partial charge on any atom is -0.444 e. The predicted octanol–water partition coefficient (Wildman–Crippen LogP) is 4.60. The molecule has 1 saturated heterocycles. The second-order valence-electron chi connectivity index (χ2n) is 12.8. The Morgan fingerprint density at radius 3 is 2.50 bits per heavy atom. The molecule has 2 amide bonds. The van der Waals surface area contributed by atoms with Crippen LogP contribution in [0.4, 0.5) is 20.8 Å². The first-order valence-corrected chi connectivity index (χ1v) is 14.3. The average molecular weight is 605 g/mol. The molecule has 0 saturated carbocycles. The van der Waals surface area contributed by atoms with Crippen LogP contribution in [0.2, 0.25) is 0 Å². The Bertz CT molecular complexity index is 1680. The van der Waals surface area contributed by atoms with Crippen LogP contribution >= 0.6 is 0 Å². The molecule has 0 atom stereocenters. The van der Waals surface area contributed by atoms with Crippen molar-refractivity contribution >= 4 is 23.6 Å². The second-order valence-corrected chi connectivity index (χ2v) is 12.8. The molecule has 1 aliphatic heterocycles. The van der Waals surface area contributed by atoms with Gasteiger partial charge < -0.3 is 20.3 Å². The molecule has 1 aromatic carbocycles. The number of amides is 2. The summed E-state index contributed by atoms with van der Waals surface area (Å²) in [5, 5.41) is 18.3. The van der Waals surface area contributed by atoms with E-state index in [-0.39, 0.29) is 47.5 Å². The largest absolute Gasteiger partial charge is 0.444 e. The van der Waals surface area contributed by atoms with Crippen molar-refractivity contribution in [1.29, 1.82) is 0 Å². The summed E-state index contributed by atoms with van der Waals surface area (Å²) in [7, 11) is 0. The number of carbonyl (C=O) groups excluding carboxylic acids is 2. The monoisotopic (exact) mass is 604 g/mol. The summed E-state index contributed by atoms with van der Waals surface area (Å²) in [6, 6.07) is 5.42. The molecule has 1 aliphatic rings. The summed E-state index contributed by atoms with van der Waals surface area (Å²) in [5.41, 5.74) is 2.46. The van der Waals surface area contributed by atoms with Gasteiger partial charge in [0.15, 0.2) is 11.5 Å². The molecule has 44 heavy (non-hydrogen) atoms. The Labute approximate surface area is 254 Å². The van der Waals surface area contributed by atoms with Crippen LogP contribution in [0.25, 0.3) is 11.3 Å². The van der Waals surface area contributed by atoms with Gasteiger partial charge in [0.2, 0.25) is 5.95 Å². The van der Waals surface area contributed by atoms with Crippen LogP contribution < -0.4 is 10.6 Å². The highest BCUT2D eigenvalue weighted by Crippen LogP contribution is 2.27. The van der Waals surface area contributed by atoms with Crippen LogP contribution in [0.3, 0.4) is 0 Å². The van der Waals surface area contributed by atoms with Crippen LogP contribution in [-0.2, 0) is 16.8 Å². The lowest BCUT2D eigenvalue weighted by atomic mass is 10.0. The van der Waals surface area contributed by atoms with Gasteiger partial charge >= 0.3 is 6.09 Å². The topological polar surface area (TPSA) is 145 Å². The molecule has 1 fully saturated rings. The number of carbonyl (C=O) groups is 2. The number of nitrogens with zero attached hydrogens (tertiary/aromatic N) is 8. The molecule has 4 aromatic rings. The average Bonchev–Trinajstić information content (AvgIpc) is 3.57. The minimum absolute atomic E-state index is 0.0199. The van der Waals surface area contributed by atoms with E-state index in [2.05, 4.69) is 36.0 Å². The van der Waals surface area contributed by atoms with Gasteiger partial charge in [-0.3, -0.25) is 9.48 Å². The zero-order chi connectivity index (χ0) is 31.8. The molecule has 2 N–H and O–H groups in total. The van der Waals surface area contributed by atoms with Crippen molar-refractivity contribution in [3.8, 4) is 11.3 Å². The van der Waals surface area contributed by atoms with Crippen molar-refractivity contribution < 1.29 is 18.7 Å². The van der Waals surface area contributed by atoms with Gasteiger partial charge in [0.05, 0.1) is 35.9 Å². The van der Waals surface area contributed by atoms with Crippen LogP contribution in [-0.4, -0.2) is 70.3 Å². The number of anilines is 2. The Morgan fingerprint density at radius 1 is 1.09 bits per heavy atom. The molecule has 0 bridgehead atoms. The number of hydrogen-bond acceptors (Lipinski definition) is 9. The standard InChI is InChI=1S/C30H37FN10O3/c1-18-10-19(8-9-20(18)11-32-26(42)24-17-41(38-37-24)29(2,3)4)25-23(31)13-33-27(36-25)35-21-12-34-40(14-21)22-15-39(16-22)28(43)44-30(5,6)7/h8-10,12-14,17,22H,11,15-16H2,1-7H3,(H,32,42)(H,33,35,36). The Kier molecular flexibility index (Phi) is 8.10. The smallest absolute Gasteiger partial charge is 0.410 e. The lowest BCUT2D eigenvalue weighted by Crippen LogP contribution is -2.52. The number of halogens is 1. The maximum absolute atomic E-state index is 14.8. The Morgan fingerprint density at radius 2 is 1.84 bits per heavy atom. The summed E-state index contributed by atoms with van der Waals surface area (Å²) >= 11 is 0. The quantitative estimate of drug-likeness (QED) is 0.309. The van der Waals surface area contributed by atoms with Gasteiger partial charge in [-0.15, -0.1) is 5.10 Å². The Hall–Kier alpha value is -4.88. The molecule has 13 nitrogen and oxygen atoms in total. The number of aromatic nitrogens is 7. The molecule has 3 aromatic heterocycles. The first-order valence-electron chi connectivity index (χ1n) is 14.3. The molecule has 0 spiro atoms. The zero-order valence-electron chi connectivity index (χ0n) is 25.9. The van der Waals surface area contributed by atoms with Gasteiger partial charge in [0, 0.05) is 31.4 Å². The third-order valence-corrected chi connectivity index (χ3v) is 6.96. The van der Waals surface area contributed by atoms with Crippen molar-refractivity contribution in [3.63, 3.8) is 0 Å². The van der Waals surface area contributed by atoms with Crippen LogP contribution in [0.1, 0.15) is 69.2 Å². The van der Waals surface area contributed by atoms with Gasteiger partial charge in [0.25, 0.3) is 5.91 Å². The van der Waals surface area contributed by atoms with E-state index < -0.39 is 11.4 Å². The van der Waals surface area contributed by atoms with Crippen molar-refractivity contribution in [2.24, 2.45) is 0 Å². The van der Waals surface area contributed by atoms with Crippen molar-refractivity contribution in [3.05, 3.63) is 65.6 Å². The fourth-order valence-electron chi connectivity index (χ4n) is 4.46.